The third kappa shape index (κ3) is 2.80. The van der Waals surface area contributed by atoms with E-state index >= 15 is 0 Å². The van der Waals surface area contributed by atoms with E-state index in [9.17, 15) is 4.79 Å². The largest absolute Gasteiger partial charge is 0.299 e. The molecule has 1 aromatic carbocycles. The van der Waals surface area contributed by atoms with Crippen LogP contribution in [0.15, 0.2) is 22.7 Å². The summed E-state index contributed by atoms with van der Waals surface area (Å²) in [5.41, 5.74) is 0.969. The van der Waals surface area contributed by atoms with Crippen molar-refractivity contribution in [1.29, 1.82) is 0 Å². The summed E-state index contributed by atoms with van der Waals surface area (Å²) >= 11 is 9.57. The Balaban J connectivity index is 1.72. The maximum atomic E-state index is 12.4. The fourth-order valence-electron chi connectivity index (χ4n) is 2.79. The third-order valence-corrected chi connectivity index (χ3v) is 4.86. The average Bonchev–Trinajstić information content (AvgIpc) is 3.16. The molecular formula is C15H16BrClO. The van der Waals surface area contributed by atoms with Crippen LogP contribution in [0.25, 0.3) is 0 Å². The van der Waals surface area contributed by atoms with Crippen LogP contribution in [0.2, 0.25) is 5.02 Å². The van der Waals surface area contributed by atoms with E-state index in [1.165, 1.54) is 25.7 Å². The monoisotopic (exact) mass is 326 g/mol. The van der Waals surface area contributed by atoms with Crippen LogP contribution < -0.4 is 0 Å². The zero-order chi connectivity index (χ0) is 12.7. The summed E-state index contributed by atoms with van der Waals surface area (Å²) in [6, 6.07) is 5.78. The van der Waals surface area contributed by atoms with E-state index in [2.05, 4.69) is 15.9 Å². The Morgan fingerprint density at radius 1 is 1.28 bits per heavy atom. The van der Waals surface area contributed by atoms with E-state index in [-0.39, 0.29) is 0 Å². The molecule has 0 unspecified atom stereocenters. The molecule has 0 N–H and O–H groups in total. The minimum absolute atomic E-state index is 0.324. The summed E-state index contributed by atoms with van der Waals surface area (Å²) in [5, 5.41) is 0.697. The van der Waals surface area contributed by atoms with Crippen molar-refractivity contribution >= 4 is 33.3 Å². The summed E-state index contributed by atoms with van der Waals surface area (Å²) in [6.45, 7) is 0. The van der Waals surface area contributed by atoms with Crippen LogP contribution in [0.5, 0.6) is 0 Å². The Morgan fingerprint density at radius 2 is 1.89 bits per heavy atom. The van der Waals surface area contributed by atoms with Gasteiger partial charge in [-0.1, -0.05) is 33.6 Å². The highest BCUT2D eigenvalue weighted by molar-refractivity contribution is 9.10. The van der Waals surface area contributed by atoms with Gasteiger partial charge in [0.2, 0.25) is 0 Å². The quantitative estimate of drug-likeness (QED) is 0.769. The standard InChI is InChI=1S/C15H16BrClO/c16-12-6-5-11(13(17)8-12)7-14(18)15(9-1-2-9)10-3-4-10/h5-6,8-10,15H,1-4,7H2. The molecule has 0 spiro atoms. The molecular weight excluding hydrogens is 312 g/mol. The highest BCUT2D eigenvalue weighted by Crippen LogP contribution is 2.50. The van der Waals surface area contributed by atoms with Crippen molar-refractivity contribution in [3.63, 3.8) is 0 Å². The van der Waals surface area contributed by atoms with Crippen LogP contribution >= 0.6 is 27.5 Å². The first-order valence-electron chi connectivity index (χ1n) is 6.62. The highest BCUT2D eigenvalue weighted by Gasteiger charge is 2.45. The molecule has 0 amide bonds. The van der Waals surface area contributed by atoms with Gasteiger partial charge in [-0.05, 0) is 55.2 Å². The van der Waals surface area contributed by atoms with Gasteiger partial charge in [0.1, 0.15) is 5.78 Å². The van der Waals surface area contributed by atoms with Crippen molar-refractivity contribution in [1.82, 2.24) is 0 Å². The highest BCUT2D eigenvalue weighted by atomic mass is 79.9. The van der Waals surface area contributed by atoms with Gasteiger partial charge in [-0.25, -0.2) is 0 Å². The lowest BCUT2D eigenvalue weighted by atomic mass is 9.89. The lowest BCUT2D eigenvalue weighted by Gasteiger charge is -2.14. The van der Waals surface area contributed by atoms with Crippen LogP contribution in [0, 0.1) is 17.8 Å². The van der Waals surface area contributed by atoms with Crippen LogP contribution in [-0.2, 0) is 11.2 Å². The van der Waals surface area contributed by atoms with Crippen LogP contribution in [0.4, 0.5) is 0 Å². The lowest BCUT2D eigenvalue weighted by molar-refractivity contribution is -0.123. The third-order valence-electron chi connectivity index (χ3n) is 4.01. The molecule has 3 rings (SSSR count). The zero-order valence-electron chi connectivity index (χ0n) is 10.2. The predicted molar refractivity (Wildman–Crippen MR) is 76.8 cm³/mol. The molecule has 96 valence electrons. The Labute approximate surface area is 121 Å². The second-order valence-corrected chi connectivity index (χ2v) is 6.90. The van der Waals surface area contributed by atoms with Gasteiger partial charge in [0.15, 0.2) is 0 Å². The van der Waals surface area contributed by atoms with E-state index < -0.39 is 0 Å². The first kappa shape index (κ1) is 12.7. The molecule has 1 aromatic rings. The Hall–Kier alpha value is -0.340. The van der Waals surface area contributed by atoms with Crippen LogP contribution in [-0.4, -0.2) is 5.78 Å². The number of carbonyl (C=O) groups is 1. The van der Waals surface area contributed by atoms with Gasteiger partial charge in [0.05, 0.1) is 0 Å². The smallest absolute Gasteiger partial charge is 0.140 e. The number of benzene rings is 1. The van der Waals surface area contributed by atoms with E-state index in [0.29, 0.717) is 35.0 Å². The molecule has 0 aliphatic heterocycles. The predicted octanol–water partition coefficient (Wildman–Crippen LogP) is 4.65. The number of halogens is 2. The second kappa shape index (κ2) is 4.97. The van der Waals surface area contributed by atoms with Crippen LogP contribution in [0.1, 0.15) is 31.2 Å². The Morgan fingerprint density at radius 3 is 2.39 bits per heavy atom. The van der Waals surface area contributed by atoms with Crippen molar-refractivity contribution in [3.8, 4) is 0 Å². The molecule has 0 bridgehead atoms. The van der Waals surface area contributed by atoms with Gasteiger partial charge in [0.25, 0.3) is 0 Å². The van der Waals surface area contributed by atoms with Crippen LogP contribution in [0.3, 0.4) is 0 Å². The Bertz CT molecular complexity index is 465. The fourth-order valence-corrected chi connectivity index (χ4v) is 3.53. The van der Waals surface area contributed by atoms with E-state index in [0.717, 1.165) is 10.0 Å². The fraction of sp³-hybridized carbons (Fsp3) is 0.533. The summed E-state index contributed by atoms with van der Waals surface area (Å²) in [6.07, 6.45) is 5.51. The van der Waals surface area contributed by atoms with Crippen molar-refractivity contribution in [3.05, 3.63) is 33.3 Å². The number of hydrogen-bond donors (Lipinski definition) is 0. The molecule has 18 heavy (non-hydrogen) atoms. The van der Waals surface area contributed by atoms with Crippen molar-refractivity contribution in [2.24, 2.45) is 17.8 Å². The molecule has 2 fully saturated rings. The van der Waals surface area contributed by atoms with Crippen molar-refractivity contribution < 1.29 is 4.79 Å². The molecule has 0 saturated heterocycles. The summed E-state index contributed by atoms with van der Waals surface area (Å²) in [7, 11) is 0. The van der Waals surface area contributed by atoms with Gasteiger partial charge < -0.3 is 0 Å². The van der Waals surface area contributed by atoms with Gasteiger partial charge in [0, 0.05) is 21.8 Å². The minimum Gasteiger partial charge on any atom is -0.299 e. The van der Waals surface area contributed by atoms with E-state index in [4.69, 9.17) is 11.6 Å². The Kier molecular flexibility index (Phi) is 3.50. The maximum Gasteiger partial charge on any atom is 0.140 e. The second-order valence-electron chi connectivity index (χ2n) is 5.58. The van der Waals surface area contributed by atoms with Gasteiger partial charge in [-0.15, -0.1) is 0 Å². The van der Waals surface area contributed by atoms with E-state index in [1.54, 1.807) is 0 Å². The molecule has 0 radical (unpaired) electrons. The zero-order valence-corrected chi connectivity index (χ0v) is 12.5. The molecule has 3 heteroatoms. The van der Waals surface area contributed by atoms with Gasteiger partial charge in [-0.3, -0.25) is 4.79 Å². The number of Topliss-reactive ketones (excluding diaryl/α,β-unsaturated/α-hetero) is 1. The average molecular weight is 328 g/mol. The lowest BCUT2D eigenvalue weighted by Crippen LogP contribution is -2.21. The SMILES string of the molecule is O=C(Cc1ccc(Br)cc1Cl)C(C1CC1)C1CC1. The molecule has 0 aromatic heterocycles. The maximum absolute atomic E-state index is 12.4. The molecule has 0 atom stereocenters. The molecule has 2 aliphatic rings. The first-order valence-corrected chi connectivity index (χ1v) is 7.79. The van der Waals surface area contributed by atoms with E-state index in [1.807, 2.05) is 18.2 Å². The van der Waals surface area contributed by atoms with Gasteiger partial charge >= 0.3 is 0 Å². The number of hydrogen-bond acceptors (Lipinski definition) is 1. The van der Waals surface area contributed by atoms with Gasteiger partial charge in [-0.2, -0.15) is 0 Å². The first-order chi connectivity index (χ1) is 8.65. The van der Waals surface area contributed by atoms with Crippen molar-refractivity contribution in [2.75, 3.05) is 0 Å². The summed E-state index contributed by atoms with van der Waals surface area (Å²) < 4.78 is 0.963. The normalized spacial score (nSPS) is 19.3. The summed E-state index contributed by atoms with van der Waals surface area (Å²) in [4.78, 5) is 12.4. The molecule has 0 heterocycles. The minimum atomic E-state index is 0.324. The summed E-state index contributed by atoms with van der Waals surface area (Å²) in [5.74, 6) is 2.09. The molecule has 1 nitrogen and oxygen atoms in total. The molecule has 2 aliphatic carbocycles. The number of rotatable bonds is 5. The molecule has 2 saturated carbocycles. The number of ketones is 1. The van der Waals surface area contributed by atoms with Crippen molar-refractivity contribution in [2.45, 2.75) is 32.1 Å². The number of carbonyl (C=O) groups excluding carboxylic acids is 1. The topological polar surface area (TPSA) is 17.1 Å².